The molecular weight excluding hydrogens is 361 g/mol. The number of unbranched alkanes of at least 4 members (excludes halogenated alkanes) is 1. The second-order valence-corrected chi connectivity index (χ2v) is 5.78. The van der Waals surface area contributed by atoms with Gasteiger partial charge in [-0.25, -0.2) is 9.18 Å². The highest BCUT2D eigenvalue weighted by Gasteiger charge is 2.16. The molecule has 0 aromatic heterocycles. The third kappa shape index (κ3) is 5.68. The first kappa shape index (κ1) is 20.6. The van der Waals surface area contributed by atoms with Crippen LogP contribution in [0.3, 0.4) is 0 Å². The molecule has 1 amide bonds. The lowest BCUT2D eigenvalue weighted by Gasteiger charge is -2.10. The van der Waals surface area contributed by atoms with E-state index in [0.29, 0.717) is 0 Å². The van der Waals surface area contributed by atoms with Gasteiger partial charge in [-0.15, -0.1) is 0 Å². The van der Waals surface area contributed by atoms with E-state index in [9.17, 15) is 19.2 Å². The Morgan fingerprint density at radius 2 is 1.82 bits per heavy atom. The Hall–Kier alpha value is -3.66. The number of ether oxygens (including phenoxy) is 1. The Bertz CT molecular complexity index is 919. The second-order valence-electron chi connectivity index (χ2n) is 5.78. The Morgan fingerprint density at radius 1 is 1.14 bits per heavy atom. The van der Waals surface area contributed by atoms with Crippen molar-refractivity contribution in [2.75, 3.05) is 17.2 Å². The van der Waals surface area contributed by atoms with Crippen LogP contribution in [0.2, 0.25) is 0 Å². The molecule has 6 nitrogen and oxygen atoms in total. The first-order chi connectivity index (χ1) is 13.6. The van der Waals surface area contributed by atoms with Gasteiger partial charge < -0.3 is 15.4 Å². The predicted molar refractivity (Wildman–Crippen MR) is 104 cm³/mol. The van der Waals surface area contributed by atoms with Crippen LogP contribution in [-0.2, 0) is 9.53 Å². The van der Waals surface area contributed by atoms with Gasteiger partial charge in [-0.2, -0.15) is 5.26 Å². The molecule has 7 heteroatoms. The highest BCUT2D eigenvalue weighted by Crippen LogP contribution is 2.18. The molecule has 0 unspecified atom stereocenters. The summed E-state index contributed by atoms with van der Waals surface area (Å²) in [5.74, 6) is -1.81. The van der Waals surface area contributed by atoms with Crippen LogP contribution in [0.25, 0.3) is 0 Å². The number of esters is 1. The van der Waals surface area contributed by atoms with Gasteiger partial charge >= 0.3 is 5.97 Å². The van der Waals surface area contributed by atoms with Crippen LogP contribution in [0.1, 0.15) is 30.1 Å². The number of carbonyl (C=O) groups excluding carboxylic acids is 2. The Morgan fingerprint density at radius 3 is 2.50 bits per heavy atom. The smallest absolute Gasteiger partial charge is 0.340 e. The number of anilines is 2. The largest absolute Gasteiger partial charge is 0.462 e. The molecule has 2 aromatic carbocycles. The van der Waals surface area contributed by atoms with Crippen molar-refractivity contribution in [1.29, 1.82) is 5.26 Å². The number of nitriles is 1. The SMILES string of the molecule is CCCCOC(=O)c1ccccc1NC(=O)/C(C#N)=C\Nc1ccccc1F. The molecule has 0 radical (unpaired) electrons. The highest BCUT2D eigenvalue weighted by molar-refractivity contribution is 6.09. The molecule has 0 bridgehead atoms. The standard InChI is InChI=1S/C21H20FN3O3/c1-2-3-12-28-21(27)16-8-4-6-10-18(16)25-20(26)15(13-23)14-24-19-11-7-5-9-17(19)22/h4-11,14,24H,2-3,12H2,1H3,(H,25,26)/b15-14-. The fourth-order valence-electron chi connectivity index (χ4n) is 2.22. The van der Waals surface area contributed by atoms with Crippen molar-refractivity contribution in [3.63, 3.8) is 0 Å². The maximum atomic E-state index is 13.6. The zero-order valence-electron chi connectivity index (χ0n) is 15.4. The van der Waals surface area contributed by atoms with Gasteiger partial charge in [-0.1, -0.05) is 37.6 Å². The van der Waals surface area contributed by atoms with Gasteiger partial charge in [0.2, 0.25) is 0 Å². The van der Waals surface area contributed by atoms with E-state index in [2.05, 4.69) is 10.6 Å². The lowest BCUT2D eigenvalue weighted by molar-refractivity contribution is -0.112. The predicted octanol–water partition coefficient (Wildman–Crippen LogP) is 4.24. The third-order valence-electron chi connectivity index (χ3n) is 3.74. The molecule has 0 heterocycles. The van der Waals surface area contributed by atoms with Crippen LogP contribution in [0.4, 0.5) is 15.8 Å². The number of amides is 1. The molecule has 144 valence electrons. The molecular formula is C21H20FN3O3. The molecule has 0 aliphatic carbocycles. The van der Waals surface area contributed by atoms with E-state index in [-0.39, 0.29) is 29.1 Å². The average molecular weight is 381 g/mol. The van der Waals surface area contributed by atoms with E-state index in [1.54, 1.807) is 24.3 Å². The van der Waals surface area contributed by atoms with Gasteiger partial charge in [-0.3, -0.25) is 4.79 Å². The van der Waals surface area contributed by atoms with E-state index in [1.807, 2.05) is 6.92 Å². The summed E-state index contributed by atoms with van der Waals surface area (Å²) in [4.78, 5) is 24.6. The Kier molecular flexibility index (Phi) is 7.73. The topological polar surface area (TPSA) is 91.2 Å². The molecule has 0 spiro atoms. The minimum absolute atomic E-state index is 0.128. The number of nitrogens with zero attached hydrogens (tertiary/aromatic N) is 1. The molecule has 0 atom stereocenters. The molecule has 2 aromatic rings. The Balaban J connectivity index is 2.12. The van der Waals surface area contributed by atoms with E-state index in [0.717, 1.165) is 19.0 Å². The Labute approximate surface area is 162 Å². The van der Waals surface area contributed by atoms with Crippen molar-refractivity contribution in [2.45, 2.75) is 19.8 Å². The first-order valence-corrected chi connectivity index (χ1v) is 8.75. The van der Waals surface area contributed by atoms with Crippen molar-refractivity contribution < 1.29 is 18.7 Å². The van der Waals surface area contributed by atoms with Gasteiger partial charge in [0, 0.05) is 6.20 Å². The summed E-state index contributed by atoms with van der Waals surface area (Å²) in [6, 6.07) is 14.0. The number of para-hydroxylation sites is 2. The van der Waals surface area contributed by atoms with Crippen LogP contribution in [0, 0.1) is 17.1 Å². The van der Waals surface area contributed by atoms with E-state index >= 15 is 0 Å². The van der Waals surface area contributed by atoms with Gasteiger partial charge in [-0.05, 0) is 30.7 Å². The van der Waals surface area contributed by atoms with E-state index in [1.165, 1.54) is 30.3 Å². The molecule has 2 rings (SSSR count). The zero-order chi connectivity index (χ0) is 20.4. The zero-order valence-corrected chi connectivity index (χ0v) is 15.4. The minimum atomic E-state index is -0.736. The summed E-state index contributed by atoms with van der Waals surface area (Å²) in [6.07, 6.45) is 2.73. The van der Waals surface area contributed by atoms with Crippen molar-refractivity contribution in [3.05, 3.63) is 71.7 Å². The summed E-state index contributed by atoms with van der Waals surface area (Å²) in [6.45, 7) is 2.26. The third-order valence-corrected chi connectivity index (χ3v) is 3.74. The fraction of sp³-hybridized carbons (Fsp3) is 0.190. The van der Waals surface area contributed by atoms with E-state index in [4.69, 9.17) is 4.74 Å². The molecule has 0 aliphatic heterocycles. The number of hydrogen-bond acceptors (Lipinski definition) is 5. The van der Waals surface area contributed by atoms with Crippen LogP contribution in [0.5, 0.6) is 0 Å². The van der Waals surface area contributed by atoms with Gasteiger partial charge in [0.05, 0.1) is 23.5 Å². The van der Waals surface area contributed by atoms with Crippen LogP contribution in [-0.4, -0.2) is 18.5 Å². The molecule has 28 heavy (non-hydrogen) atoms. The monoisotopic (exact) mass is 381 g/mol. The molecule has 0 fully saturated rings. The summed E-state index contributed by atoms with van der Waals surface area (Å²) in [5.41, 5.74) is 0.257. The quantitative estimate of drug-likeness (QED) is 0.309. The fourth-order valence-corrected chi connectivity index (χ4v) is 2.22. The number of benzene rings is 2. The van der Waals surface area contributed by atoms with Crippen molar-refractivity contribution in [2.24, 2.45) is 0 Å². The average Bonchev–Trinajstić information content (AvgIpc) is 2.70. The van der Waals surface area contributed by atoms with Gasteiger partial charge in [0.25, 0.3) is 5.91 Å². The van der Waals surface area contributed by atoms with Crippen molar-refractivity contribution >= 4 is 23.3 Å². The number of rotatable bonds is 8. The normalized spacial score (nSPS) is 10.7. The summed E-state index contributed by atoms with van der Waals surface area (Å²) < 4.78 is 18.8. The maximum Gasteiger partial charge on any atom is 0.340 e. The lowest BCUT2D eigenvalue weighted by Crippen LogP contribution is -2.18. The molecule has 0 aliphatic rings. The molecule has 0 saturated carbocycles. The molecule has 2 N–H and O–H groups in total. The maximum absolute atomic E-state index is 13.6. The lowest BCUT2D eigenvalue weighted by atomic mass is 10.1. The number of hydrogen-bond donors (Lipinski definition) is 2. The summed E-state index contributed by atoms with van der Waals surface area (Å²) in [5, 5.41) is 14.3. The van der Waals surface area contributed by atoms with Crippen molar-refractivity contribution in [1.82, 2.24) is 0 Å². The number of nitrogens with one attached hydrogen (secondary N) is 2. The van der Waals surface area contributed by atoms with E-state index < -0.39 is 17.7 Å². The minimum Gasteiger partial charge on any atom is -0.462 e. The van der Waals surface area contributed by atoms with Gasteiger partial charge in [0.15, 0.2) is 0 Å². The first-order valence-electron chi connectivity index (χ1n) is 8.75. The number of halogens is 1. The second kappa shape index (κ2) is 10.5. The highest BCUT2D eigenvalue weighted by atomic mass is 19.1. The molecule has 0 saturated heterocycles. The van der Waals surface area contributed by atoms with Crippen molar-refractivity contribution in [3.8, 4) is 6.07 Å². The summed E-state index contributed by atoms with van der Waals surface area (Å²) >= 11 is 0. The number of carbonyl (C=O) groups is 2. The van der Waals surface area contributed by atoms with Crippen LogP contribution in [0.15, 0.2) is 60.3 Å². The van der Waals surface area contributed by atoms with Crippen LogP contribution < -0.4 is 10.6 Å². The summed E-state index contributed by atoms with van der Waals surface area (Å²) in [7, 11) is 0. The van der Waals surface area contributed by atoms with Crippen LogP contribution >= 0.6 is 0 Å². The van der Waals surface area contributed by atoms with Gasteiger partial charge in [0.1, 0.15) is 17.5 Å².